The minimum absolute atomic E-state index is 0.103. The van der Waals surface area contributed by atoms with Crippen LogP contribution in [-0.4, -0.2) is 79.2 Å². The Morgan fingerprint density at radius 3 is 2.64 bits per heavy atom. The second-order valence-electron chi connectivity index (χ2n) is 8.77. The van der Waals surface area contributed by atoms with E-state index in [0.717, 1.165) is 25.9 Å². The van der Waals surface area contributed by atoms with Crippen molar-refractivity contribution in [3.8, 4) is 11.5 Å². The number of carbonyl (C=O) groups is 2. The highest BCUT2D eigenvalue weighted by Crippen LogP contribution is 2.42. The predicted octanol–water partition coefficient (Wildman–Crippen LogP) is 4.24. The van der Waals surface area contributed by atoms with Gasteiger partial charge in [-0.05, 0) is 42.5 Å². The molecule has 0 bridgehead atoms. The van der Waals surface area contributed by atoms with E-state index in [0.29, 0.717) is 61.5 Å². The van der Waals surface area contributed by atoms with Gasteiger partial charge in [0, 0.05) is 26.2 Å². The number of nitrogens with zero attached hydrogens (tertiary/aromatic N) is 2. The summed E-state index contributed by atoms with van der Waals surface area (Å²) in [5, 5.41) is 12.7. The first-order valence-electron chi connectivity index (χ1n) is 12.6. The molecule has 36 heavy (non-hydrogen) atoms. The van der Waals surface area contributed by atoms with Crippen molar-refractivity contribution in [2.24, 2.45) is 0 Å². The number of ether oxygens (including phenoxy) is 3. The molecular weight excluding hydrogens is 480 g/mol. The quantitative estimate of drug-likeness (QED) is 0.335. The Balaban J connectivity index is 1.68. The first kappa shape index (κ1) is 26.2. The van der Waals surface area contributed by atoms with Crippen molar-refractivity contribution in [3.05, 3.63) is 57.5 Å². The van der Waals surface area contributed by atoms with Crippen LogP contribution in [0.2, 0.25) is 0 Å². The number of unbranched alkanes of at least 4 members (excludes halogenated alkanes) is 1. The van der Waals surface area contributed by atoms with Crippen LogP contribution < -0.4 is 9.47 Å². The number of hydrogen-bond donors (Lipinski definition) is 1. The summed E-state index contributed by atoms with van der Waals surface area (Å²) >= 11 is 1.29. The second-order valence-corrected chi connectivity index (χ2v) is 9.71. The number of Topliss-reactive ketones (excluding diaryl/α,β-unsaturated/α-hetero) is 1. The van der Waals surface area contributed by atoms with Gasteiger partial charge in [0.1, 0.15) is 0 Å². The lowest BCUT2D eigenvalue weighted by molar-refractivity contribution is -0.129. The van der Waals surface area contributed by atoms with E-state index < -0.39 is 17.7 Å². The smallest absolute Gasteiger partial charge is 0.290 e. The molecule has 0 aliphatic carbocycles. The zero-order valence-corrected chi connectivity index (χ0v) is 21.7. The lowest BCUT2D eigenvalue weighted by Gasteiger charge is -2.32. The maximum absolute atomic E-state index is 13.5. The van der Waals surface area contributed by atoms with Crippen LogP contribution in [0.5, 0.6) is 11.5 Å². The van der Waals surface area contributed by atoms with Crippen molar-refractivity contribution in [1.29, 1.82) is 0 Å². The topological polar surface area (TPSA) is 88.5 Å². The maximum Gasteiger partial charge on any atom is 0.290 e. The Bertz CT molecular complexity index is 1080. The van der Waals surface area contributed by atoms with Gasteiger partial charge in [-0.25, -0.2) is 0 Å². The number of aliphatic hydroxyl groups excluding tert-OH is 1. The van der Waals surface area contributed by atoms with Gasteiger partial charge in [-0.3, -0.25) is 14.5 Å². The van der Waals surface area contributed by atoms with Crippen molar-refractivity contribution in [2.75, 3.05) is 52.6 Å². The normalized spacial score (nSPS) is 18.7. The number of carbonyl (C=O) groups excluding carboxylic acids is 2. The fraction of sp³-hybridized carbons (Fsp3) is 0.481. The third-order valence-corrected chi connectivity index (χ3v) is 7.26. The standard InChI is InChI=1S/C27H34N2O6S/c1-3-5-14-35-20-9-8-19(18-21(20)34-4-2)24-23(25(30)22-7-6-17-36-22)26(31)27(32)29(24)11-10-28-12-15-33-16-13-28/h6-9,17-18,24,31H,3-5,10-16H2,1-2H3. The largest absolute Gasteiger partial charge is 0.503 e. The first-order valence-corrected chi connectivity index (χ1v) is 13.4. The summed E-state index contributed by atoms with van der Waals surface area (Å²) in [4.78, 5) is 31.0. The SMILES string of the molecule is CCCCOc1ccc(C2C(C(=O)c3cccs3)=C(O)C(=O)N2CCN2CCOCC2)cc1OCC. The summed E-state index contributed by atoms with van der Waals surface area (Å²) in [7, 11) is 0. The van der Waals surface area contributed by atoms with Crippen LogP contribution in [0.15, 0.2) is 47.0 Å². The number of benzene rings is 1. The number of amides is 1. The van der Waals surface area contributed by atoms with Crippen LogP contribution in [0.1, 0.15) is 48.0 Å². The molecule has 1 atom stereocenters. The van der Waals surface area contributed by atoms with Crippen molar-refractivity contribution < 1.29 is 28.9 Å². The molecule has 0 spiro atoms. The van der Waals surface area contributed by atoms with E-state index in [2.05, 4.69) is 11.8 Å². The summed E-state index contributed by atoms with van der Waals surface area (Å²) in [6.07, 6.45) is 1.94. The van der Waals surface area contributed by atoms with Gasteiger partial charge in [-0.1, -0.05) is 25.5 Å². The molecule has 1 aromatic carbocycles. The Kier molecular flexibility index (Phi) is 9.01. The van der Waals surface area contributed by atoms with Crippen LogP contribution in [0.4, 0.5) is 0 Å². The van der Waals surface area contributed by atoms with Crippen molar-refractivity contribution >= 4 is 23.0 Å². The van der Waals surface area contributed by atoms with Crippen LogP contribution >= 0.6 is 11.3 Å². The molecule has 0 radical (unpaired) electrons. The fourth-order valence-corrected chi connectivity index (χ4v) is 5.16. The Hall–Kier alpha value is -2.88. The molecule has 3 heterocycles. The van der Waals surface area contributed by atoms with Crippen LogP contribution in [0.3, 0.4) is 0 Å². The van der Waals surface area contributed by atoms with E-state index in [4.69, 9.17) is 14.2 Å². The van der Waals surface area contributed by atoms with Gasteiger partial charge in [0.25, 0.3) is 5.91 Å². The number of morpholine rings is 1. The third kappa shape index (κ3) is 5.74. The summed E-state index contributed by atoms with van der Waals surface area (Å²) in [6, 6.07) is 8.27. The molecule has 1 aromatic heterocycles. The number of rotatable bonds is 12. The lowest BCUT2D eigenvalue weighted by Crippen LogP contribution is -2.43. The van der Waals surface area contributed by atoms with Crippen molar-refractivity contribution in [3.63, 3.8) is 0 Å². The fourth-order valence-electron chi connectivity index (χ4n) is 4.49. The second kappa shape index (κ2) is 12.4. The number of hydrogen-bond acceptors (Lipinski definition) is 8. The summed E-state index contributed by atoms with van der Waals surface area (Å²) in [5.74, 6) is -0.175. The van der Waals surface area contributed by atoms with Gasteiger partial charge in [0.05, 0.1) is 42.9 Å². The number of thiophene rings is 1. The van der Waals surface area contributed by atoms with Gasteiger partial charge in [0.2, 0.25) is 5.78 Å². The number of ketones is 1. The van der Waals surface area contributed by atoms with Crippen molar-refractivity contribution in [1.82, 2.24) is 9.80 Å². The van der Waals surface area contributed by atoms with Crippen LogP contribution in [0, 0.1) is 0 Å². The average Bonchev–Trinajstić information content (AvgIpc) is 3.52. The van der Waals surface area contributed by atoms with E-state index in [9.17, 15) is 14.7 Å². The monoisotopic (exact) mass is 514 g/mol. The van der Waals surface area contributed by atoms with Gasteiger partial charge in [0.15, 0.2) is 17.3 Å². The molecule has 8 nitrogen and oxygen atoms in total. The van der Waals surface area contributed by atoms with Crippen molar-refractivity contribution in [2.45, 2.75) is 32.7 Å². The zero-order chi connectivity index (χ0) is 25.5. The molecule has 1 fully saturated rings. The highest BCUT2D eigenvalue weighted by molar-refractivity contribution is 7.12. The highest BCUT2D eigenvalue weighted by atomic mass is 32.1. The minimum atomic E-state index is -0.725. The minimum Gasteiger partial charge on any atom is -0.503 e. The molecule has 1 N–H and O–H groups in total. The van der Waals surface area contributed by atoms with E-state index in [-0.39, 0.29) is 11.4 Å². The van der Waals surface area contributed by atoms with Gasteiger partial charge in [-0.15, -0.1) is 11.3 Å². The molecule has 2 aliphatic heterocycles. The molecule has 0 saturated carbocycles. The Morgan fingerprint density at radius 2 is 1.94 bits per heavy atom. The summed E-state index contributed by atoms with van der Waals surface area (Å²) < 4.78 is 17.2. The van der Waals surface area contributed by atoms with E-state index in [1.165, 1.54) is 11.3 Å². The van der Waals surface area contributed by atoms with E-state index in [1.807, 2.05) is 30.5 Å². The molecule has 1 amide bonds. The molecule has 2 aromatic rings. The van der Waals surface area contributed by atoms with Crippen LogP contribution in [-0.2, 0) is 9.53 Å². The number of aliphatic hydroxyl groups is 1. The molecule has 194 valence electrons. The summed E-state index contributed by atoms with van der Waals surface area (Å²) in [5.41, 5.74) is 0.798. The first-order chi connectivity index (χ1) is 17.5. The van der Waals surface area contributed by atoms with Gasteiger partial charge in [-0.2, -0.15) is 0 Å². The van der Waals surface area contributed by atoms with Crippen LogP contribution in [0.25, 0.3) is 0 Å². The van der Waals surface area contributed by atoms with E-state index >= 15 is 0 Å². The van der Waals surface area contributed by atoms with Gasteiger partial charge < -0.3 is 24.2 Å². The molecule has 1 saturated heterocycles. The summed E-state index contributed by atoms with van der Waals surface area (Å²) in [6.45, 7) is 8.88. The molecule has 1 unspecified atom stereocenters. The third-order valence-electron chi connectivity index (χ3n) is 6.39. The highest BCUT2D eigenvalue weighted by Gasteiger charge is 2.44. The van der Waals surface area contributed by atoms with E-state index in [1.54, 1.807) is 17.0 Å². The predicted molar refractivity (Wildman–Crippen MR) is 138 cm³/mol. The molecular formula is C27H34N2O6S. The molecule has 4 rings (SSSR count). The average molecular weight is 515 g/mol. The Morgan fingerprint density at radius 1 is 1.14 bits per heavy atom. The van der Waals surface area contributed by atoms with Gasteiger partial charge >= 0.3 is 0 Å². The lowest BCUT2D eigenvalue weighted by atomic mass is 9.95. The zero-order valence-electron chi connectivity index (χ0n) is 20.9. The maximum atomic E-state index is 13.5. The molecule has 9 heteroatoms. The Labute approximate surface area is 216 Å². The molecule has 2 aliphatic rings.